The zero-order chi connectivity index (χ0) is 25.2. The topological polar surface area (TPSA) is 118 Å². The molecule has 0 aliphatic carbocycles. The largest absolute Gasteiger partial charge is 0.508 e. The summed E-state index contributed by atoms with van der Waals surface area (Å²) in [5, 5.41) is 15.2. The molecule has 2 aromatic carbocycles. The number of phenolic OH excluding ortho intramolecular Hbond substituents is 1. The van der Waals surface area contributed by atoms with Crippen LogP contribution in [0.5, 0.6) is 5.75 Å². The van der Waals surface area contributed by atoms with E-state index >= 15 is 0 Å². The number of aromatic hydroxyl groups is 1. The SMILES string of the molecule is Cc1oc(-c2ccccc2)cc1C(=O)N[C@@H](Cc1ccc(O)cc1)C(=O)N[C@@]1(C)C(=O)CO[C@@H]1C. The van der Waals surface area contributed by atoms with Crippen molar-refractivity contribution in [3.8, 4) is 17.1 Å². The smallest absolute Gasteiger partial charge is 0.255 e. The molecule has 0 bridgehead atoms. The number of phenols is 1. The van der Waals surface area contributed by atoms with Gasteiger partial charge in [0.2, 0.25) is 5.91 Å². The average molecular weight is 477 g/mol. The molecule has 0 radical (unpaired) electrons. The fourth-order valence-corrected chi connectivity index (χ4v) is 4.02. The minimum atomic E-state index is -1.19. The molecule has 0 spiro atoms. The van der Waals surface area contributed by atoms with Crippen LogP contribution in [0.25, 0.3) is 11.3 Å². The molecule has 182 valence electrons. The lowest BCUT2D eigenvalue weighted by Crippen LogP contribution is -2.60. The maximum atomic E-state index is 13.3. The van der Waals surface area contributed by atoms with Crippen molar-refractivity contribution in [1.29, 1.82) is 0 Å². The van der Waals surface area contributed by atoms with Gasteiger partial charge in [-0.25, -0.2) is 0 Å². The molecule has 1 fully saturated rings. The molecule has 1 saturated heterocycles. The van der Waals surface area contributed by atoms with E-state index in [0.717, 1.165) is 11.1 Å². The fourth-order valence-electron chi connectivity index (χ4n) is 4.02. The Morgan fingerprint density at radius 2 is 1.83 bits per heavy atom. The van der Waals surface area contributed by atoms with Crippen molar-refractivity contribution in [2.24, 2.45) is 0 Å². The molecule has 3 atom stereocenters. The van der Waals surface area contributed by atoms with Crippen LogP contribution in [-0.4, -0.2) is 47.0 Å². The number of rotatable bonds is 7. The number of carbonyl (C=O) groups excluding carboxylic acids is 3. The van der Waals surface area contributed by atoms with Gasteiger partial charge in [-0.15, -0.1) is 0 Å². The number of hydrogen-bond acceptors (Lipinski definition) is 6. The summed E-state index contributed by atoms with van der Waals surface area (Å²) >= 11 is 0. The molecule has 35 heavy (non-hydrogen) atoms. The summed E-state index contributed by atoms with van der Waals surface area (Å²) in [4.78, 5) is 39.0. The van der Waals surface area contributed by atoms with E-state index in [1.165, 1.54) is 12.1 Å². The molecular weight excluding hydrogens is 448 g/mol. The summed E-state index contributed by atoms with van der Waals surface area (Å²) in [6.45, 7) is 4.95. The Bertz CT molecular complexity index is 1230. The molecule has 0 unspecified atom stereocenters. The van der Waals surface area contributed by atoms with Gasteiger partial charge in [-0.05, 0) is 44.5 Å². The summed E-state index contributed by atoms with van der Waals surface area (Å²) < 4.78 is 11.2. The van der Waals surface area contributed by atoms with Crippen LogP contribution < -0.4 is 10.6 Å². The van der Waals surface area contributed by atoms with Crippen LogP contribution in [-0.2, 0) is 20.7 Å². The molecule has 3 aromatic rings. The second-order valence-electron chi connectivity index (χ2n) is 8.91. The Hall–Kier alpha value is -3.91. The Morgan fingerprint density at radius 3 is 2.46 bits per heavy atom. The Kier molecular flexibility index (Phi) is 6.75. The zero-order valence-electron chi connectivity index (χ0n) is 19.8. The Labute approximate surface area is 203 Å². The van der Waals surface area contributed by atoms with Crippen LogP contribution in [0.4, 0.5) is 0 Å². The number of nitrogens with one attached hydrogen (secondary N) is 2. The Balaban J connectivity index is 1.58. The number of aryl methyl sites for hydroxylation is 1. The number of Topliss-reactive ketones (excluding diaryl/α,β-unsaturated/α-hetero) is 1. The molecular formula is C27H28N2O6. The van der Waals surface area contributed by atoms with Crippen LogP contribution in [0.3, 0.4) is 0 Å². The quantitative estimate of drug-likeness (QED) is 0.482. The van der Waals surface area contributed by atoms with Crippen LogP contribution in [0, 0.1) is 6.92 Å². The number of furan rings is 1. The van der Waals surface area contributed by atoms with E-state index in [2.05, 4.69) is 10.6 Å². The standard InChI is InChI=1S/C27H28N2O6/c1-16-21(14-23(35-16)19-7-5-4-6-8-19)25(32)28-22(13-18-9-11-20(30)12-10-18)26(33)29-27(3)17(2)34-15-24(27)31/h4-12,14,17,22,30H,13,15H2,1-3H3,(H,28,32)(H,29,33)/t17-,22+,27-/m1/s1. The van der Waals surface area contributed by atoms with Gasteiger partial charge in [0.1, 0.15) is 35.5 Å². The highest BCUT2D eigenvalue weighted by Crippen LogP contribution is 2.26. The van der Waals surface area contributed by atoms with Crippen LogP contribution >= 0.6 is 0 Å². The van der Waals surface area contributed by atoms with E-state index in [1.807, 2.05) is 30.3 Å². The molecule has 2 amide bonds. The van der Waals surface area contributed by atoms with Gasteiger partial charge in [-0.2, -0.15) is 0 Å². The molecule has 3 N–H and O–H groups in total. The molecule has 1 aliphatic rings. The van der Waals surface area contributed by atoms with Crippen molar-refractivity contribution in [2.75, 3.05) is 6.61 Å². The minimum Gasteiger partial charge on any atom is -0.508 e. The first-order valence-electron chi connectivity index (χ1n) is 11.4. The molecule has 8 heteroatoms. The second-order valence-corrected chi connectivity index (χ2v) is 8.91. The summed E-state index contributed by atoms with van der Waals surface area (Å²) in [5.41, 5.74) is 0.673. The lowest BCUT2D eigenvalue weighted by atomic mass is 9.92. The van der Waals surface area contributed by atoms with Gasteiger partial charge in [-0.1, -0.05) is 42.5 Å². The highest BCUT2D eigenvalue weighted by atomic mass is 16.5. The molecule has 0 saturated carbocycles. The average Bonchev–Trinajstić information content (AvgIpc) is 3.35. The van der Waals surface area contributed by atoms with Crippen molar-refractivity contribution in [2.45, 2.75) is 44.9 Å². The van der Waals surface area contributed by atoms with Gasteiger partial charge in [0.15, 0.2) is 5.78 Å². The third-order valence-electron chi connectivity index (χ3n) is 6.46. The lowest BCUT2D eigenvalue weighted by molar-refractivity contribution is -0.130. The lowest BCUT2D eigenvalue weighted by Gasteiger charge is -2.29. The first-order chi connectivity index (χ1) is 16.7. The number of carbonyl (C=O) groups is 3. The first kappa shape index (κ1) is 24.2. The zero-order valence-corrected chi connectivity index (χ0v) is 19.8. The van der Waals surface area contributed by atoms with Gasteiger partial charge in [0.05, 0.1) is 11.7 Å². The van der Waals surface area contributed by atoms with Gasteiger partial charge in [-0.3, -0.25) is 14.4 Å². The van der Waals surface area contributed by atoms with Crippen molar-refractivity contribution >= 4 is 17.6 Å². The van der Waals surface area contributed by atoms with E-state index in [9.17, 15) is 19.5 Å². The van der Waals surface area contributed by atoms with E-state index in [4.69, 9.17) is 9.15 Å². The van der Waals surface area contributed by atoms with E-state index in [0.29, 0.717) is 17.1 Å². The normalized spacial score (nSPS) is 20.4. The van der Waals surface area contributed by atoms with Crippen LogP contribution in [0.15, 0.2) is 65.1 Å². The predicted molar refractivity (Wildman–Crippen MR) is 129 cm³/mol. The molecule has 2 heterocycles. The maximum absolute atomic E-state index is 13.3. The first-order valence-corrected chi connectivity index (χ1v) is 11.4. The van der Waals surface area contributed by atoms with Gasteiger partial charge in [0.25, 0.3) is 5.91 Å². The summed E-state index contributed by atoms with van der Waals surface area (Å²) in [6, 6.07) is 16.4. The van der Waals surface area contributed by atoms with Crippen LogP contribution in [0.2, 0.25) is 0 Å². The van der Waals surface area contributed by atoms with Gasteiger partial charge in [0, 0.05) is 12.0 Å². The van der Waals surface area contributed by atoms with E-state index in [-0.39, 0.29) is 24.6 Å². The predicted octanol–water partition coefficient (Wildman–Crippen LogP) is 3.16. The summed E-state index contributed by atoms with van der Waals surface area (Å²) in [6.07, 6.45) is -0.353. The highest BCUT2D eigenvalue weighted by molar-refractivity contribution is 6.01. The van der Waals surface area contributed by atoms with Gasteiger partial charge >= 0.3 is 0 Å². The van der Waals surface area contributed by atoms with Crippen molar-refractivity contribution in [3.05, 3.63) is 77.6 Å². The third-order valence-corrected chi connectivity index (χ3v) is 6.46. The van der Waals surface area contributed by atoms with Crippen LogP contribution in [0.1, 0.15) is 35.5 Å². The van der Waals surface area contributed by atoms with Crippen molar-refractivity contribution in [3.63, 3.8) is 0 Å². The number of hydrogen-bond donors (Lipinski definition) is 3. The second kappa shape index (κ2) is 9.76. The van der Waals surface area contributed by atoms with Crippen molar-refractivity contribution < 1.29 is 28.6 Å². The van der Waals surface area contributed by atoms with Crippen molar-refractivity contribution in [1.82, 2.24) is 10.6 Å². The minimum absolute atomic E-state index is 0.0799. The Morgan fingerprint density at radius 1 is 1.14 bits per heavy atom. The number of ketones is 1. The third kappa shape index (κ3) is 5.12. The monoisotopic (exact) mass is 476 g/mol. The maximum Gasteiger partial charge on any atom is 0.255 e. The van der Waals surface area contributed by atoms with Gasteiger partial charge < -0.3 is 24.9 Å². The number of ether oxygens (including phenoxy) is 1. The molecule has 1 aliphatic heterocycles. The summed E-state index contributed by atoms with van der Waals surface area (Å²) in [5.74, 6) is -0.154. The number of benzene rings is 2. The summed E-state index contributed by atoms with van der Waals surface area (Å²) in [7, 11) is 0. The van der Waals surface area contributed by atoms with E-state index < -0.39 is 29.5 Å². The molecule has 8 nitrogen and oxygen atoms in total. The van der Waals surface area contributed by atoms with E-state index in [1.54, 1.807) is 39.0 Å². The number of amides is 2. The molecule has 4 rings (SSSR count). The molecule has 1 aromatic heterocycles. The fraction of sp³-hybridized carbons (Fsp3) is 0.296. The highest BCUT2D eigenvalue weighted by Gasteiger charge is 2.47.